The molecule has 3 heteroatoms. The van der Waals surface area contributed by atoms with Crippen LogP contribution in [0, 0.1) is 5.92 Å². The lowest BCUT2D eigenvalue weighted by Crippen LogP contribution is -2.34. The average molecular weight is 216 g/mol. The van der Waals surface area contributed by atoms with E-state index in [1.54, 1.807) is 14.2 Å². The second-order valence-corrected chi connectivity index (χ2v) is 8.32. The molecule has 1 saturated carbocycles. The molecule has 0 radical (unpaired) electrons. The molecule has 0 aromatic heterocycles. The third-order valence-electron chi connectivity index (χ3n) is 3.36. The zero-order chi connectivity index (χ0) is 10.6. The minimum absolute atomic E-state index is 0.276. The van der Waals surface area contributed by atoms with E-state index in [0.717, 1.165) is 5.92 Å². The van der Waals surface area contributed by atoms with Gasteiger partial charge in [0.25, 0.3) is 0 Å². The summed E-state index contributed by atoms with van der Waals surface area (Å²) in [4.78, 5) is 0. The number of hydrogen-bond donors (Lipinski definition) is 0. The molecule has 0 unspecified atom stereocenters. The third-order valence-corrected chi connectivity index (χ3v) is 5.72. The van der Waals surface area contributed by atoms with Crippen LogP contribution >= 0.6 is 0 Å². The summed E-state index contributed by atoms with van der Waals surface area (Å²) in [5, 5.41) is 0.276. The molecule has 0 N–H and O–H groups in total. The topological polar surface area (TPSA) is 18.5 Å². The smallest absolute Gasteiger partial charge is 0.326 e. The summed E-state index contributed by atoms with van der Waals surface area (Å²) in [5.41, 5.74) is 0. The molecular formula is C11H24O2Si. The van der Waals surface area contributed by atoms with Crippen LogP contribution in [-0.4, -0.2) is 23.5 Å². The van der Waals surface area contributed by atoms with Crippen LogP contribution < -0.4 is 0 Å². The summed E-state index contributed by atoms with van der Waals surface area (Å²) in [6.07, 6.45) is 6.96. The summed E-state index contributed by atoms with van der Waals surface area (Å²) >= 11 is 0. The first-order chi connectivity index (χ1) is 6.60. The Labute approximate surface area is 89.8 Å². The summed E-state index contributed by atoms with van der Waals surface area (Å²) in [6, 6.07) is 0. The second kappa shape index (κ2) is 5.28. The first-order valence-electron chi connectivity index (χ1n) is 5.65. The van der Waals surface area contributed by atoms with Crippen LogP contribution in [0.1, 0.15) is 46.0 Å². The lowest BCUT2D eigenvalue weighted by atomic mass is 9.95. The Hall–Kier alpha value is 0.137. The van der Waals surface area contributed by atoms with Crippen molar-refractivity contribution in [2.45, 2.75) is 51.0 Å². The standard InChI is InChI=1S/C11H24O2Si/c1-11(2,14(12-3)13-4)9-10-7-5-6-8-10/h10,14H,5-9H2,1-4H3. The van der Waals surface area contributed by atoms with Crippen molar-refractivity contribution in [3.63, 3.8) is 0 Å². The molecule has 0 spiro atoms. The van der Waals surface area contributed by atoms with Crippen molar-refractivity contribution in [1.82, 2.24) is 0 Å². The summed E-state index contributed by atoms with van der Waals surface area (Å²) in [7, 11) is 2.12. The maximum atomic E-state index is 5.49. The Morgan fingerprint density at radius 2 is 1.64 bits per heavy atom. The molecule has 84 valence electrons. The zero-order valence-corrected chi connectivity index (χ0v) is 11.2. The van der Waals surface area contributed by atoms with E-state index in [-0.39, 0.29) is 5.04 Å². The van der Waals surface area contributed by atoms with E-state index < -0.39 is 9.28 Å². The van der Waals surface area contributed by atoms with Crippen molar-refractivity contribution in [2.75, 3.05) is 14.2 Å². The Kier molecular flexibility index (Phi) is 4.61. The molecule has 1 aliphatic carbocycles. The van der Waals surface area contributed by atoms with Gasteiger partial charge < -0.3 is 8.85 Å². The molecule has 0 heterocycles. The van der Waals surface area contributed by atoms with Gasteiger partial charge in [-0.05, 0) is 12.3 Å². The minimum atomic E-state index is -1.46. The Morgan fingerprint density at radius 1 is 1.14 bits per heavy atom. The van der Waals surface area contributed by atoms with Crippen molar-refractivity contribution < 1.29 is 8.85 Å². The summed E-state index contributed by atoms with van der Waals surface area (Å²) in [5.74, 6) is 0.922. The highest BCUT2D eigenvalue weighted by Crippen LogP contribution is 2.42. The molecule has 0 aromatic carbocycles. The van der Waals surface area contributed by atoms with Gasteiger partial charge in [-0.15, -0.1) is 0 Å². The molecule has 1 aliphatic rings. The van der Waals surface area contributed by atoms with Gasteiger partial charge in [0, 0.05) is 19.3 Å². The normalized spacial score (nSPS) is 19.5. The fourth-order valence-electron chi connectivity index (χ4n) is 2.79. The summed E-state index contributed by atoms with van der Waals surface area (Å²) in [6.45, 7) is 4.60. The molecule has 14 heavy (non-hydrogen) atoms. The maximum Gasteiger partial charge on any atom is 0.326 e. The Bertz CT molecular complexity index is 161. The Balaban J connectivity index is 2.45. The molecule has 0 bridgehead atoms. The quantitative estimate of drug-likeness (QED) is 0.658. The predicted molar refractivity (Wildman–Crippen MR) is 61.8 cm³/mol. The summed E-state index contributed by atoms with van der Waals surface area (Å²) < 4.78 is 11.0. The van der Waals surface area contributed by atoms with E-state index in [1.165, 1.54) is 32.1 Å². The first kappa shape index (κ1) is 12.2. The monoisotopic (exact) mass is 216 g/mol. The minimum Gasteiger partial charge on any atom is -0.400 e. The van der Waals surface area contributed by atoms with Crippen molar-refractivity contribution in [1.29, 1.82) is 0 Å². The predicted octanol–water partition coefficient (Wildman–Crippen LogP) is 2.86. The van der Waals surface area contributed by atoms with Crippen LogP contribution in [0.25, 0.3) is 0 Å². The second-order valence-electron chi connectivity index (χ2n) is 5.15. The van der Waals surface area contributed by atoms with Crippen molar-refractivity contribution in [3.05, 3.63) is 0 Å². The van der Waals surface area contributed by atoms with Gasteiger partial charge in [-0.3, -0.25) is 0 Å². The van der Waals surface area contributed by atoms with Crippen molar-refractivity contribution >= 4 is 9.28 Å². The van der Waals surface area contributed by atoms with E-state index in [9.17, 15) is 0 Å². The molecule has 1 fully saturated rings. The van der Waals surface area contributed by atoms with E-state index >= 15 is 0 Å². The van der Waals surface area contributed by atoms with Gasteiger partial charge in [0.2, 0.25) is 0 Å². The molecular weight excluding hydrogens is 192 g/mol. The van der Waals surface area contributed by atoms with Crippen LogP contribution in [0.5, 0.6) is 0 Å². The lowest BCUT2D eigenvalue weighted by Gasteiger charge is -2.32. The van der Waals surface area contributed by atoms with Gasteiger partial charge in [-0.25, -0.2) is 0 Å². The molecule has 0 aliphatic heterocycles. The van der Waals surface area contributed by atoms with Gasteiger partial charge in [0.05, 0.1) is 0 Å². The fourth-order valence-corrected chi connectivity index (χ4v) is 4.78. The van der Waals surface area contributed by atoms with Gasteiger partial charge in [-0.1, -0.05) is 39.5 Å². The highest BCUT2D eigenvalue weighted by molar-refractivity contribution is 6.48. The third kappa shape index (κ3) is 3.07. The van der Waals surface area contributed by atoms with Crippen molar-refractivity contribution in [3.8, 4) is 0 Å². The molecule has 1 rings (SSSR count). The van der Waals surface area contributed by atoms with Crippen LogP contribution in [-0.2, 0) is 8.85 Å². The van der Waals surface area contributed by atoms with E-state index in [1.807, 2.05) is 0 Å². The fraction of sp³-hybridized carbons (Fsp3) is 1.00. The molecule has 0 atom stereocenters. The highest BCUT2D eigenvalue weighted by Gasteiger charge is 2.35. The first-order valence-corrected chi connectivity index (χ1v) is 7.18. The zero-order valence-electron chi connectivity index (χ0n) is 10.0. The van der Waals surface area contributed by atoms with Crippen LogP contribution in [0.2, 0.25) is 5.04 Å². The number of rotatable bonds is 5. The van der Waals surface area contributed by atoms with Gasteiger partial charge >= 0.3 is 9.28 Å². The lowest BCUT2D eigenvalue weighted by molar-refractivity contribution is 0.233. The largest absolute Gasteiger partial charge is 0.400 e. The van der Waals surface area contributed by atoms with E-state index in [4.69, 9.17) is 8.85 Å². The Morgan fingerprint density at radius 3 is 2.07 bits per heavy atom. The van der Waals surface area contributed by atoms with Crippen LogP contribution in [0.15, 0.2) is 0 Å². The highest BCUT2D eigenvalue weighted by atomic mass is 28.3. The molecule has 0 amide bonds. The molecule has 0 aromatic rings. The maximum absolute atomic E-state index is 5.49. The van der Waals surface area contributed by atoms with Gasteiger partial charge in [0.1, 0.15) is 0 Å². The number of hydrogen-bond acceptors (Lipinski definition) is 2. The van der Waals surface area contributed by atoms with Crippen LogP contribution in [0.3, 0.4) is 0 Å². The average Bonchev–Trinajstić information content (AvgIpc) is 2.57. The van der Waals surface area contributed by atoms with E-state index in [0.29, 0.717) is 0 Å². The van der Waals surface area contributed by atoms with Crippen LogP contribution in [0.4, 0.5) is 0 Å². The SMILES string of the molecule is CO[SiH](OC)C(C)(C)CC1CCCC1. The molecule has 0 saturated heterocycles. The van der Waals surface area contributed by atoms with Gasteiger partial charge in [0.15, 0.2) is 0 Å². The van der Waals surface area contributed by atoms with E-state index in [2.05, 4.69) is 13.8 Å². The van der Waals surface area contributed by atoms with Gasteiger partial charge in [-0.2, -0.15) is 0 Å². The van der Waals surface area contributed by atoms with Crippen molar-refractivity contribution in [2.24, 2.45) is 5.92 Å². The molecule has 2 nitrogen and oxygen atoms in total.